The second-order valence-electron chi connectivity index (χ2n) is 6.88. The van der Waals surface area contributed by atoms with Crippen molar-refractivity contribution in [2.45, 2.75) is 25.3 Å². The Bertz CT molecular complexity index is 753. The van der Waals surface area contributed by atoms with Crippen LogP contribution < -0.4 is 0 Å². The van der Waals surface area contributed by atoms with Gasteiger partial charge in [-0.2, -0.15) is 0 Å². The molecule has 3 nitrogen and oxygen atoms in total. The zero-order valence-electron chi connectivity index (χ0n) is 15.0. The molecule has 138 valence electrons. The van der Waals surface area contributed by atoms with Crippen molar-refractivity contribution in [2.75, 3.05) is 26.7 Å². The highest BCUT2D eigenvalue weighted by molar-refractivity contribution is 6.30. The van der Waals surface area contributed by atoms with Crippen molar-refractivity contribution < 1.29 is 9.18 Å². The highest BCUT2D eigenvalue weighted by atomic mass is 35.5. The molecule has 3 rings (SSSR count). The Morgan fingerprint density at radius 1 is 1.27 bits per heavy atom. The summed E-state index contributed by atoms with van der Waals surface area (Å²) in [6.45, 7) is 2.89. The number of hydrogen-bond acceptors (Lipinski definition) is 2. The summed E-state index contributed by atoms with van der Waals surface area (Å²) in [5.74, 6) is -0.713. The summed E-state index contributed by atoms with van der Waals surface area (Å²) in [5.41, 5.74) is 1.67. The molecule has 1 aliphatic rings. The SMILES string of the molecule is CN(C(=O)c1ccc(Cl)c(F)c1)[C@@H]1CCCN(CCc2ccccc2)C1. The summed E-state index contributed by atoms with van der Waals surface area (Å²) in [6, 6.07) is 14.8. The Balaban J connectivity index is 1.59. The maximum absolute atomic E-state index is 13.7. The number of carbonyl (C=O) groups is 1. The third-order valence-corrected chi connectivity index (χ3v) is 5.38. The van der Waals surface area contributed by atoms with Crippen LogP contribution in [-0.2, 0) is 6.42 Å². The number of likely N-dealkylation sites (N-methyl/N-ethyl adjacent to an activating group) is 1. The number of nitrogens with zero attached hydrogens (tertiary/aromatic N) is 2. The monoisotopic (exact) mass is 374 g/mol. The number of carbonyl (C=O) groups excluding carboxylic acids is 1. The number of hydrogen-bond donors (Lipinski definition) is 0. The van der Waals surface area contributed by atoms with Gasteiger partial charge in [-0.1, -0.05) is 41.9 Å². The molecule has 0 unspecified atom stereocenters. The zero-order valence-corrected chi connectivity index (χ0v) is 15.8. The Kier molecular flexibility index (Phi) is 6.28. The molecular weight excluding hydrogens is 351 g/mol. The smallest absolute Gasteiger partial charge is 0.253 e. The van der Waals surface area contributed by atoms with E-state index in [1.165, 1.54) is 17.7 Å². The lowest BCUT2D eigenvalue weighted by Crippen LogP contribution is -2.49. The molecule has 1 aliphatic heterocycles. The third kappa shape index (κ3) is 4.63. The Labute approximate surface area is 159 Å². The minimum Gasteiger partial charge on any atom is -0.337 e. The molecule has 1 saturated heterocycles. The average molecular weight is 375 g/mol. The molecule has 1 amide bonds. The van der Waals surface area contributed by atoms with Crippen LogP contribution in [0.2, 0.25) is 5.02 Å². The highest BCUT2D eigenvalue weighted by Crippen LogP contribution is 2.20. The molecule has 0 saturated carbocycles. The van der Waals surface area contributed by atoms with Gasteiger partial charge in [-0.25, -0.2) is 4.39 Å². The van der Waals surface area contributed by atoms with E-state index in [1.54, 1.807) is 18.0 Å². The van der Waals surface area contributed by atoms with Crippen LogP contribution in [0, 0.1) is 5.82 Å². The molecular formula is C21H24ClFN2O. The molecule has 0 aliphatic carbocycles. The topological polar surface area (TPSA) is 23.6 Å². The van der Waals surface area contributed by atoms with Crippen molar-refractivity contribution in [1.29, 1.82) is 0 Å². The first kappa shape index (κ1) is 18.9. The van der Waals surface area contributed by atoms with E-state index < -0.39 is 5.82 Å². The molecule has 1 fully saturated rings. The van der Waals surface area contributed by atoms with Gasteiger partial charge in [0.25, 0.3) is 5.91 Å². The molecule has 0 aromatic heterocycles. The molecule has 5 heteroatoms. The minimum absolute atomic E-state index is 0.0361. The van der Waals surface area contributed by atoms with Gasteiger partial charge >= 0.3 is 0 Å². The van der Waals surface area contributed by atoms with Gasteiger partial charge in [-0.05, 0) is 49.6 Å². The Hall–Kier alpha value is -1.91. The van der Waals surface area contributed by atoms with E-state index in [0.29, 0.717) is 5.56 Å². The first-order valence-electron chi connectivity index (χ1n) is 9.03. The largest absolute Gasteiger partial charge is 0.337 e. The van der Waals surface area contributed by atoms with Crippen LogP contribution in [0.3, 0.4) is 0 Å². The lowest BCUT2D eigenvalue weighted by molar-refractivity contribution is 0.0619. The van der Waals surface area contributed by atoms with Gasteiger partial charge in [-0.15, -0.1) is 0 Å². The molecule has 2 aromatic rings. The van der Waals surface area contributed by atoms with Crippen LogP contribution in [0.5, 0.6) is 0 Å². The van der Waals surface area contributed by atoms with Crippen molar-refractivity contribution in [2.24, 2.45) is 0 Å². The number of rotatable bonds is 5. The first-order valence-corrected chi connectivity index (χ1v) is 9.41. The number of likely N-dealkylation sites (tertiary alicyclic amines) is 1. The Morgan fingerprint density at radius 3 is 2.77 bits per heavy atom. The molecule has 1 heterocycles. The lowest BCUT2D eigenvalue weighted by Gasteiger charge is -2.37. The molecule has 0 N–H and O–H groups in total. The quantitative estimate of drug-likeness (QED) is 0.780. The molecule has 0 spiro atoms. The normalized spacial score (nSPS) is 17.9. The molecule has 0 bridgehead atoms. The van der Waals surface area contributed by atoms with Crippen LogP contribution >= 0.6 is 11.6 Å². The van der Waals surface area contributed by atoms with Crippen molar-refractivity contribution in [3.05, 3.63) is 70.5 Å². The van der Waals surface area contributed by atoms with Gasteiger partial charge in [0.2, 0.25) is 0 Å². The van der Waals surface area contributed by atoms with Gasteiger partial charge < -0.3 is 9.80 Å². The van der Waals surface area contributed by atoms with E-state index in [2.05, 4.69) is 29.2 Å². The van der Waals surface area contributed by atoms with Crippen molar-refractivity contribution in [1.82, 2.24) is 9.80 Å². The molecule has 26 heavy (non-hydrogen) atoms. The average Bonchev–Trinajstić information content (AvgIpc) is 2.68. The zero-order chi connectivity index (χ0) is 18.5. The van der Waals surface area contributed by atoms with Crippen molar-refractivity contribution in [3.8, 4) is 0 Å². The molecule has 0 radical (unpaired) electrons. The standard InChI is InChI=1S/C21H24ClFN2O/c1-24(21(26)17-9-10-19(22)20(23)14-17)18-8-5-12-25(15-18)13-11-16-6-3-2-4-7-16/h2-4,6-7,9-10,14,18H,5,8,11-13,15H2,1H3/t18-/m1/s1. The predicted octanol–water partition coefficient (Wildman–Crippen LogP) is 4.26. The lowest BCUT2D eigenvalue weighted by atomic mass is 10.0. The second kappa shape index (κ2) is 8.65. The van der Waals surface area contributed by atoms with Crippen LogP contribution in [-0.4, -0.2) is 48.4 Å². The van der Waals surface area contributed by atoms with Gasteiger partial charge in [0.15, 0.2) is 0 Å². The predicted molar refractivity (Wildman–Crippen MR) is 103 cm³/mol. The van der Waals surface area contributed by atoms with Crippen LogP contribution in [0.4, 0.5) is 4.39 Å². The van der Waals surface area contributed by atoms with E-state index in [-0.39, 0.29) is 17.0 Å². The molecule has 1 atom stereocenters. The summed E-state index contributed by atoms with van der Waals surface area (Å²) in [4.78, 5) is 16.8. The van der Waals surface area contributed by atoms with E-state index in [1.807, 2.05) is 6.07 Å². The van der Waals surface area contributed by atoms with Gasteiger partial charge in [0, 0.05) is 31.7 Å². The summed E-state index contributed by atoms with van der Waals surface area (Å²) in [6.07, 6.45) is 3.04. The number of piperidine rings is 1. The minimum atomic E-state index is -0.556. The van der Waals surface area contributed by atoms with E-state index in [4.69, 9.17) is 11.6 Å². The van der Waals surface area contributed by atoms with E-state index in [9.17, 15) is 9.18 Å². The number of amides is 1. The molecule has 2 aromatic carbocycles. The fourth-order valence-corrected chi connectivity index (χ4v) is 3.60. The Morgan fingerprint density at radius 2 is 2.04 bits per heavy atom. The van der Waals surface area contributed by atoms with Gasteiger partial charge in [0.1, 0.15) is 5.82 Å². The van der Waals surface area contributed by atoms with Gasteiger partial charge in [0.05, 0.1) is 5.02 Å². The van der Waals surface area contributed by atoms with E-state index >= 15 is 0 Å². The van der Waals surface area contributed by atoms with Crippen molar-refractivity contribution in [3.63, 3.8) is 0 Å². The highest BCUT2D eigenvalue weighted by Gasteiger charge is 2.26. The second-order valence-corrected chi connectivity index (χ2v) is 7.28. The summed E-state index contributed by atoms with van der Waals surface area (Å²) in [5, 5.41) is 0.0361. The van der Waals surface area contributed by atoms with Gasteiger partial charge in [-0.3, -0.25) is 4.79 Å². The number of halogens is 2. The van der Waals surface area contributed by atoms with E-state index in [0.717, 1.165) is 38.9 Å². The van der Waals surface area contributed by atoms with Crippen molar-refractivity contribution >= 4 is 17.5 Å². The van der Waals surface area contributed by atoms with Crippen LogP contribution in [0.15, 0.2) is 48.5 Å². The maximum atomic E-state index is 13.7. The number of benzene rings is 2. The fourth-order valence-electron chi connectivity index (χ4n) is 3.48. The fraction of sp³-hybridized carbons (Fsp3) is 0.381. The van der Waals surface area contributed by atoms with Crippen LogP contribution in [0.25, 0.3) is 0 Å². The summed E-state index contributed by atoms with van der Waals surface area (Å²) in [7, 11) is 1.81. The van der Waals surface area contributed by atoms with Crippen LogP contribution in [0.1, 0.15) is 28.8 Å². The summed E-state index contributed by atoms with van der Waals surface area (Å²) < 4.78 is 13.7. The first-order chi connectivity index (χ1) is 12.5. The maximum Gasteiger partial charge on any atom is 0.253 e. The summed E-state index contributed by atoms with van der Waals surface area (Å²) >= 11 is 5.71. The third-order valence-electron chi connectivity index (χ3n) is 5.07.